The van der Waals surface area contributed by atoms with Gasteiger partial charge >= 0.3 is 0 Å². The Balaban J connectivity index is 1.68. The van der Waals surface area contributed by atoms with Gasteiger partial charge in [-0.2, -0.15) is 0 Å². The molecule has 0 atom stereocenters. The lowest BCUT2D eigenvalue weighted by atomic mass is 9.96. The number of amides is 1. The number of hydrogen-bond donors (Lipinski definition) is 4. The van der Waals surface area contributed by atoms with Gasteiger partial charge in [0.1, 0.15) is 5.75 Å². The largest absolute Gasteiger partial charge is 0.508 e. The summed E-state index contributed by atoms with van der Waals surface area (Å²) in [4.78, 5) is 16.1. The molecule has 1 aliphatic carbocycles. The first-order valence-corrected chi connectivity index (χ1v) is 7.79. The van der Waals surface area contributed by atoms with Crippen LogP contribution < -0.4 is 16.4 Å². The molecular weight excluding hydrogens is 280 g/mol. The van der Waals surface area contributed by atoms with Crippen molar-refractivity contribution in [3.8, 4) is 5.75 Å². The first kappa shape index (κ1) is 16.1. The zero-order chi connectivity index (χ0) is 15.8. The lowest BCUT2D eigenvalue weighted by Gasteiger charge is -2.23. The molecule has 120 valence electrons. The Bertz CT molecular complexity index is 507. The predicted octanol–water partition coefficient (Wildman–Crippen LogP) is 1.36. The van der Waals surface area contributed by atoms with Crippen LogP contribution in [0.2, 0.25) is 0 Å². The molecule has 0 spiro atoms. The van der Waals surface area contributed by atoms with E-state index in [9.17, 15) is 9.90 Å². The van der Waals surface area contributed by atoms with Crippen molar-refractivity contribution in [2.45, 2.75) is 38.1 Å². The number of guanidine groups is 1. The van der Waals surface area contributed by atoms with Gasteiger partial charge in [0.2, 0.25) is 0 Å². The first-order chi connectivity index (χ1) is 10.6. The number of nitrogens with zero attached hydrogens (tertiary/aromatic N) is 1. The van der Waals surface area contributed by atoms with E-state index < -0.39 is 0 Å². The summed E-state index contributed by atoms with van der Waals surface area (Å²) >= 11 is 0. The van der Waals surface area contributed by atoms with Crippen LogP contribution in [0.3, 0.4) is 0 Å². The monoisotopic (exact) mass is 304 g/mol. The number of nitrogens with one attached hydrogen (secondary N) is 2. The number of rotatable bonds is 5. The second-order valence-corrected chi connectivity index (χ2v) is 5.55. The SMILES string of the molecule is NC(=NCCNC(=O)c1ccc(O)cc1)NC1CCCCC1. The number of carbonyl (C=O) groups excluding carboxylic acids is 1. The Labute approximate surface area is 130 Å². The molecule has 0 radical (unpaired) electrons. The molecule has 0 bridgehead atoms. The maximum absolute atomic E-state index is 11.8. The predicted molar refractivity (Wildman–Crippen MR) is 86.9 cm³/mol. The van der Waals surface area contributed by atoms with Crippen molar-refractivity contribution in [2.75, 3.05) is 13.1 Å². The van der Waals surface area contributed by atoms with Crippen LogP contribution in [0.4, 0.5) is 0 Å². The van der Waals surface area contributed by atoms with Gasteiger partial charge in [-0.3, -0.25) is 9.79 Å². The summed E-state index contributed by atoms with van der Waals surface area (Å²) in [5.74, 6) is 0.405. The summed E-state index contributed by atoms with van der Waals surface area (Å²) in [6, 6.07) is 6.56. The van der Waals surface area contributed by atoms with E-state index in [0.29, 0.717) is 30.7 Å². The average Bonchev–Trinajstić information content (AvgIpc) is 2.53. The molecule has 1 fully saturated rings. The third-order valence-electron chi connectivity index (χ3n) is 3.77. The molecule has 0 aromatic heterocycles. The highest BCUT2D eigenvalue weighted by atomic mass is 16.3. The third-order valence-corrected chi connectivity index (χ3v) is 3.77. The van der Waals surface area contributed by atoms with Crippen molar-refractivity contribution < 1.29 is 9.90 Å². The lowest BCUT2D eigenvalue weighted by Crippen LogP contribution is -2.41. The minimum absolute atomic E-state index is 0.141. The van der Waals surface area contributed by atoms with Gasteiger partial charge in [-0.15, -0.1) is 0 Å². The molecule has 6 heteroatoms. The minimum atomic E-state index is -0.186. The maximum atomic E-state index is 11.8. The van der Waals surface area contributed by atoms with Crippen LogP contribution in [-0.2, 0) is 0 Å². The second-order valence-electron chi connectivity index (χ2n) is 5.55. The van der Waals surface area contributed by atoms with Gasteiger partial charge in [0.15, 0.2) is 5.96 Å². The number of benzene rings is 1. The van der Waals surface area contributed by atoms with E-state index in [1.54, 1.807) is 12.1 Å². The molecule has 1 amide bonds. The van der Waals surface area contributed by atoms with Crippen LogP contribution >= 0.6 is 0 Å². The average molecular weight is 304 g/mol. The topological polar surface area (TPSA) is 99.7 Å². The summed E-state index contributed by atoms with van der Waals surface area (Å²) in [6.07, 6.45) is 6.08. The van der Waals surface area contributed by atoms with Gasteiger partial charge in [-0.05, 0) is 37.1 Å². The van der Waals surface area contributed by atoms with E-state index >= 15 is 0 Å². The molecule has 0 saturated heterocycles. The summed E-state index contributed by atoms with van der Waals surface area (Å²) in [5, 5.41) is 15.2. The fourth-order valence-corrected chi connectivity index (χ4v) is 2.56. The Morgan fingerprint density at radius 3 is 2.59 bits per heavy atom. The number of aromatic hydroxyl groups is 1. The molecule has 1 aromatic carbocycles. The van der Waals surface area contributed by atoms with Crippen LogP contribution in [0.15, 0.2) is 29.3 Å². The highest BCUT2D eigenvalue weighted by molar-refractivity contribution is 5.94. The number of hydrogen-bond acceptors (Lipinski definition) is 3. The van der Waals surface area contributed by atoms with Crippen molar-refractivity contribution in [1.82, 2.24) is 10.6 Å². The molecule has 0 aliphatic heterocycles. The zero-order valence-corrected chi connectivity index (χ0v) is 12.7. The van der Waals surface area contributed by atoms with Crippen LogP contribution in [0.5, 0.6) is 5.75 Å². The number of phenolic OH excluding ortho intramolecular Hbond substituents is 1. The highest BCUT2D eigenvalue weighted by Gasteiger charge is 2.13. The Hall–Kier alpha value is -2.24. The molecule has 6 nitrogen and oxygen atoms in total. The van der Waals surface area contributed by atoms with Gasteiger partial charge < -0.3 is 21.5 Å². The molecule has 0 unspecified atom stereocenters. The van der Waals surface area contributed by atoms with E-state index in [2.05, 4.69) is 15.6 Å². The van der Waals surface area contributed by atoms with Crippen molar-refractivity contribution in [2.24, 2.45) is 10.7 Å². The van der Waals surface area contributed by atoms with Crippen LogP contribution in [0.25, 0.3) is 0 Å². The molecular formula is C16H24N4O2. The van der Waals surface area contributed by atoms with Crippen LogP contribution in [0, 0.1) is 0 Å². The van der Waals surface area contributed by atoms with Crippen LogP contribution in [-0.4, -0.2) is 36.1 Å². The quantitative estimate of drug-likeness (QED) is 0.375. The molecule has 1 saturated carbocycles. The smallest absolute Gasteiger partial charge is 0.251 e. The fraction of sp³-hybridized carbons (Fsp3) is 0.500. The van der Waals surface area contributed by atoms with E-state index in [4.69, 9.17) is 5.73 Å². The number of nitrogens with two attached hydrogens (primary N) is 1. The summed E-state index contributed by atoms with van der Waals surface area (Å²) < 4.78 is 0. The van der Waals surface area contributed by atoms with Crippen LogP contribution in [0.1, 0.15) is 42.5 Å². The van der Waals surface area contributed by atoms with Crippen molar-refractivity contribution in [3.63, 3.8) is 0 Å². The molecule has 1 aromatic rings. The fourth-order valence-electron chi connectivity index (χ4n) is 2.56. The van der Waals surface area contributed by atoms with E-state index in [1.165, 1.54) is 31.4 Å². The van der Waals surface area contributed by atoms with E-state index in [0.717, 1.165) is 12.8 Å². The number of carbonyl (C=O) groups is 1. The van der Waals surface area contributed by atoms with Crippen molar-refractivity contribution in [1.29, 1.82) is 0 Å². The minimum Gasteiger partial charge on any atom is -0.508 e. The Kier molecular flexibility index (Phi) is 6.06. The van der Waals surface area contributed by atoms with E-state index in [-0.39, 0.29) is 11.7 Å². The standard InChI is InChI=1S/C16H24N4O2/c17-16(20-13-4-2-1-3-5-13)19-11-10-18-15(22)12-6-8-14(21)9-7-12/h6-9,13,21H,1-5,10-11H2,(H,18,22)(H3,17,19,20). The van der Waals surface area contributed by atoms with Gasteiger partial charge in [0.05, 0.1) is 6.54 Å². The third kappa shape index (κ3) is 5.27. The Morgan fingerprint density at radius 2 is 1.91 bits per heavy atom. The lowest BCUT2D eigenvalue weighted by molar-refractivity contribution is 0.0955. The maximum Gasteiger partial charge on any atom is 0.251 e. The molecule has 22 heavy (non-hydrogen) atoms. The number of phenols is 1. The summed E-state index contributed by atoms with van der Waals surface area (Å²) in [6.45, 7) is 0.863. The molecule has 5 N–H and O–H groups in total. The Morgan fingerprint density at radius 1 is 1.23 bits per heavy atom. The van der Waals surface area contributed by atoms with Gasteiger partial charge in [0.25, 0.3) is 5.91 Å². The van der Waals surface area contributed by atoms with E-state index in [1.807, 2.05) is 0 Å². The second kappa shape index (κ2) is 8.26. The highest BCUT2D eigenvalue weighted by Crippen LogP contribution is 2.16. The first-order valence-electron chi connectivity index (χ1n) is 7.79. The molecule has 0 heterocycles. The zero-order valence-electron chi connectivity index (χ0n) is 12.7. The van der Waals surface area contributed by atoms with Crippen molar-refractivity contribution in [3.05, 3.63) is 29.8 Å². The van der Waals surface area contributed by atoms with Gasteiger partial charge in [-0.1, -0.05) is 19.3 Å². The normalized spacial score (nSPS) is 16.3. The molecule has 2 rings (SSSR count). The summed E-state index contributed by atoms with van der Waals surface area (Å²) in [7, 11) is 0. The van der Waals surface area contributed by atoms with Crippen molar-refractivity contribution >= 4 is 11.9 Å². The molecule has 1 aliphatic rings. The number of aliphatic imine (C=N–C) groups is 1. The summed E-state index contributed by atoms with van der Waals surface area (Å²) in [5.41, 5.74) is 6.36. The van der Waals surface area contributed by atoms with Gasteiger partial charge in [-0.25, -0.2) is 0 Å². The van der Waals surface area contributed by atoms with Gasteiger partial charge in [0, 0.05) is 18.2 Å².